The van der Waals surface area contributed by atoms with Gasteiger partial charge in [-0.3, -0.25) is 0 Å². The lowest BCUT2D eigenvalue weighted by Gasteiger charge is -2.33. The molecule has 4 rings (SSSR count). The Balaban J connectivity index is 1.65. The van der Waals surface area contributed by atoms with E-state index in [-0.39, 0.29) is 29.9 Å². The fraction of sp³-hybridized carbons (Fsp3) is 0.529. The number of ether oxygens (including phenoxy) is 1. The molecule has 1 aromatic carbocycles. The van der Waals surface area contributed by atoms with Crippen LogP contribution in [0, 0.1) is 5.82 Å². The highest BCUT2D eigenvalue weighted by Crippen LogP contribution is 2.32. The highest BCUT2D eigenvalue weighted by molar-refractivity contribution is 7.89. The molecule has 2 aliphatic heterocycles. The van der Waals surface area contributed by atoms with Crippen molar-refractivity contribution in [3.05, 3.63) is 41.7 Å². The predicted molar refractivity (Wildman–Crippen MR) is 91.5 cm³/mol. The Labute approximate surface area is 151 Å². The fourth-order valence-electron chi connectivity index (χ4n) is 3.73. The summed E-state index contributed by atoms with van der Waals surface area (Å²) >= 11 is 0. The molecule has 0 bridgehead atoms. The molecule has 140 valence electrons. The summed E-state index contributed by atoms with van der Waals surface area (Å²) < 4.78 is 48.5. The van der Waals surface area contributed by atoms with Crippen molar-refractivity contribution < 1.29 is 17.5 Å². The Morgan fingerprint density at radius 3 is 2.65 bits per heavy atom. The molecular weight excluding hydrogens is 359 g/mol. The number of hydrogen-bond acceptors (Lipinski definition) is 5. The van der Waals surface area contributed by atoms with Crippen LogP contribution >= 0.6 is 0 Å². The van der Waals surface area contributed by atoms with Crippen molar-refractivity contribution in [2.75, 3.05) is 19.8 Å². The van der Waals surface area contributed by atoms with Crippen molar-refractivity contribution in [2.45, 2.75) is 43.2 Å². The van der Waals surface area contributed by atoms with Crippen molar-refractivity contribution in [1.29, 1.82) is 0 Å². The summed E-state index contributed by atoms with van der Waals surface area (Å²) in [5.74, 6) is 1.04. The fourth-order valence-corrected chi connectivity index (χ4v) is 5.28. The number of sulfonamides is 1. The molecule has 1 atom stereocenters. The first-order chi connectivity index (χ1) is 12.5. The Kier molecular flexibility index (Phi) is 4.54. The van der Waals surface area contributed by atoms with E-state index in [2.05, 4.69) is 10.2 Å². The first kappa shape index (κ1) is 17.6. The second-order valence-electron chi connectivity index (χ2n) is 6.81. The van der Waals surface area contributed by atoms with Crippen LogP contribution in [0.3, 0.4) is 0 Å². The zero-order valence-corrected chi connectivity index (χ0v) is 15.3. The lowest BCUT2D eigenvalue weighted by molar-refractivity contribution is 0.0820. The predicted octanol–water partition coefficient (Wildman–Crippen LogP) is 2.08. The summed E-state index contributed by atoms with van der Waals surface area (Å²) in [7, 11) is -3.93. The van der Waals surface area contributed by atoms with E-state index in [4.69, 9.17) is 4.74 Å². The maximum atomic E-state index is 14.0. The monoisotopic (exact) mass is 380 g/mol. The van der Waals surface area contributed by atoms with Crippen LogP contribution in [-0.2, 0) is 21.3 Å². The quantitative estimate of drug-likeness (QED) is 0.815. The molecule has 7 nitrogen and oxygen atoms in total. The van der Waals surface area contributed by atoms with Crippen LogP contribution in [0.4, 0.5) is 4.39 Å². The minimum atomic E-state index is -3.93. The van der Waals surface area contributed by atoms with Gasteiger partial charge in [-0.2, -0.15) is 4.31 Å². The van der Waals surface area contributed by atoms with Gasteiger partial charge in [0.25, 0.3) is 0 Å². The van der Waals surface area contributed by atoms with Crippen LogP contribution in [0.15, 0.2) is 29.2 Å². The van der Waals surface area contributed by atoms with Crippen LogP contribution in [0.25, 0.3) is 0 Å². The molecular formula is C17H21FN4O3S. The molecule has 0 spiro atoms. The largest absolute Gasteiger partial charge is 0.381 e. The molecule has 0 saturated carbocycles. The van der Waals surface area contributed by atoms with Crippen LogP contribution < -0.4 is 0 Å². The van der Waals surface area contributed by atoms with Gasteiger partial charge in [0.15, 0.2) is 0 Å². The number of nitrogens with zero attached hydrogens (tertiary/aromatic N) is 4. The molecule has 3 heterocycles. The first-order valence-corrected chi connectivity index (χ1v) is 10.2. The lowest BCUT2D eigenvalue weighted by atomic mass is 9.99. The van der Waals surface area contributed by atoms with Crippen LogP contribution in [-0.4, -0.2) is 47.2 Å². The Bertz CT molecular complexity index is 908. The molecule has 1 aromatic heterocycles. The van der Waals surface area contributed by atoms with Gasteiger partial charge in [-0.15, -0.1) is 10.2 Å². The Morgan fingerprint density at radius 2 is 1.92 bits per heavy atom. The van der Waals surface area contributed by atoms with Gasteiger partial charge in [-0.05, 0) is 31.9 Å². The van der Waals surface area contributed by atoms with E-state index in [1.807, 2.05) is 11.5 Å². The highest BCUT2D eigenvalue weighted by atomic mass is 32.2. The lowest BCUT2D eigenvalue weighted by Crippen LogP contribution is -2.41. The zero-order valence-electron chi connectivity index (χ0n) is 14.5. The summed E-state index contributed by atoms with van der Waals surface area (Å²) in [5.41, 5.74) is 0. The van der Waals surface area contributed by atoms with Gasteiger partial charge in [0.1, 0.15) is 22.4 Å². The second-order valence-corrected chi connectivity index (χ2v) is 8.71. The third-order valence-electron chi connectivity index (χ3n) is 5.06. The average Bonchev–Trinajstić information content (AvgIpc) is 3.07. The molecule has 26 heavy (non-hydrogen) atoms. The standard InChI is InChI=1S/C17H21FN4O3S/c1-12-10-21(26(23,24)15-5-3-2-4-14(15)18)11-16-19-20-17(22(12)16)13-6-8-25-9-7-13/h2-5,12-13H,6-11H2,1H3/t12-/m0/s1. The molecule has 0 unspecified atom stereocenters. The van der Waals surface area contributed by atoms with Crippen LogP contribution in [0.2, 0.25) is 0 Å². The maximum Gasteiger partial charge on any atom is 0.246 e. The molecule has 0 radical (unpaired) electrons. The summed E-state index contributed by atoms with van der Waals surface area (Å²) in [4.78, 5) is -0.301. The Hall–Kier alpha value is -1.84. The molecule has 1 fully saturated rings. The van der Waals surface area contributed by atoms with Gasteiger partial charge in [0.05, 0.1) is 6.54 Å². The summed E-state index contributed by atoms with van der Waals surface area (Å²) in [6.45, 7) is 3.71. The molecule has 0 amide bonds. The molecule has 0 N–H and O–H groups in total. The van der Waals surface area contributed by atoms with Gasteiger partial charge in [-0.1, -0.05) is 12.1 Å². The molecule has 1 saturated heterocycles. The van der Waals surface area contributed by atoms with Gasteiger partial charge in [-0.25, -0.2) is 12.8 Å². The SMILES string of the molecule is C[C@H]1CN(S(=O)(=O)c2ccccc2F)Cc2nnc(C3CCOCC3)n21. The summed E-state index contributed by atoms with van der Waals surface area (Å²) in [6.07, 6.45) is 1.78. The normalized spacial score (nSPS) is 22.3. The second kappa shape index (κ2) is 6.71. The van der Waals surface area contributed by atoms with E-state index in [0.717, 1.165) is 24.7 Å². The number of halogens is 1. The van der Waals surface area contributed by atoms with E-state index in [0.29, 0.717) is 19.0 Å². The molecule has 2 aromatic rings. The Morgan fingerprint density at radius 1 is 1.19 bits per heavy atom. The maximum absolute atomic E-state index is 14.0. The van der Waals surface area contributed by atoms with E-state index in [1.54, 1.807) is 0 Å². The topological polar surface area (TPSA) is 77.3 Å². The van der Waals surface area contributed by atoms with E-state index < -0.39 is 15.8 Å². The molecule has 0 aliphatic carbocycles. The zero-order chi connectivity index (χ0) is 18.3. The highest BCUT2D eigenvalue weighted by Gasteiger charge is 2.36. The van der Waals surface area contributed by atoms with Gasteiger partial charge in [0, 0.05) is 31.7 Å². The minimum absolute atomic E-state index is 0.0945. The van der Waals surface area contributed by atoms with E-state index in [1.165, 1.54) is 22.5 Å². The van der Waals surface area contributed by atoms with Crippen molar-refractivity contribution in [3.63, 3.8) is 0 Å². The van der Waals surface area contributed by atoms with Crippen molar-refractivity contribution in [2.24, 2.45) is 0 Å². The van der Waals surface area contributed by atoms with Crippen LogP contribution in [0.1, 0.15) is 43.4 Å². The minimum Gasteiger partial charge on any atom is -0.381 e. The molecule has 2 aliphatic rings. The van der Waals surface area contributed by atoms with Gasteiger partial charge < -0.3 is 9.30 Å². The first-order valence-electron chi connectivity index (χ1n) is 8.74. The van der Waals surface area contributed by atoms with Gasteiger partial charge in [0.2, 0.25) is 10.0 Å². The van der Waals surface area contributed by atoms with E-state index in [9.17, 15) is 12.8 Å². The number of hydrogen-bond donors (Lipinski definition) is 0. The number of fused-ring (bicyclic) bond motifs is 1. The van der Waals surface area contributed by atoms with Crippen molar-refractivity contribution in [3.8, 4) is 0 Å². The smallest absolute Gasteiger partial charge is 0.246 e. The number of benzene rings is 1. The third-order valence-corrected chi connectivity index (χ3v) is 6.91. The third kappa shape index (κ3) is 2.93. The summed E-state index contributed by atoms with van der Waals surface area (Å²) in [6, 6.07) is 5.33. The van der Waals surface area contributed by atoms with Crippen molar-refractivity contribution >= 4 is 10.0 Å². The van der Waals surface area contributed by atoms with Crippen LogP contribution in [0.5, 0.6) is 0 Å². The van der Waals surface area contributed by atoms with Gasteiger partial charge >= 0.3 is 0 Å². The number of aromatic nitrogens is 3. The summed E-state index contributed by atoms with van der Waals surface area (Å²) in [5, 5.41) is 8.58. The van der Waals surface area contributed by atoms with E-state index >= 15 is 0 Å². The number of rotatable bonds is 3. The van der Waals surface area contributed by atoms with Crippen molar-refractivity contribution in [1.82, 2.24) is 19.1 Å². The average molecular weight is 380 g/mol. The molecule has 9 heteroatoms.